The standard InChI is InChI=1S/C18H25N3O13S5/c19-15-4-2-14(12-17(15)36-34-32-22)37(23,24)9-6-21(7-10-38(25,26)27)5-8-31-33-35-13-1-3-16(20)18(11-13)39(28,29)30/h1-4,11-12,22H,5-10,19-20H2,(H,25,26,27)(H,28,29,30). The highest BCUT2D eigenvalue weighted by molar-refractivity contribution is 7.95. The molecule has 220 valence electrons. The number of hydrogen-bond donors (Lipinski definition) is 5. The largest absolute Gasteiger partial charge is 0.398 e. The molecule has 2 aromatic carbocycles. The van der Waals surface area contributed by atoms with Crippen molar-refractivity contribution in [3.63, 3.8) is 0 Å². The molecule has 0 saturated carbocycles. The van der Waals surface area contributed by atoms with E-state index in [0.717, 1.165) is 6.07 Å². The van der Waals surface area contributed by atoms with Gasteiger partial charge >= 0.3 is 0 Å². The summed E-state index contributed by atoms with van der Waals surface area (Å²) < 4.78 is 98.2. The van der Waals surface area contributed by atoms with Crippen molar-refractivity contribution in [2.45, 2.75) is 19.6 Å². The van der Waals surface area contributed by atoms with E-state index in [4.69, 9.17) is 30.5 Å². The molecule has 21 heteroatoms. The van der Waals surface area contributed by atoms with Gasteiger partial charge in [0.2, 0.25) is 0 Å². The summed E-state index contributed by atoms with van der Waals surface area (Å²) in [7, 11) is -12.8. The molecule has 0 aliphatic carbocycles. The summed E-state index contributed by atoms with van der Waals surface area (Å²) >= 11 is 1.08. The number of anilines is 2. The van der Waals surface area contributed by atoms with Crippen molar-refractivity contribution < 1.29 is 58.2 Å². The highest BCUT2D eigenvalue weighted by Gasteiger charge is 2.20. The van der Waals surface area contributed by atoms with E-state index in [1.54, 1.807) is 0 Å². The number of nitrogens with two attached hydrogens (primary N) is 2. The van der Waals surface area contributed by atoms with Crippen LogP contribution in [-0.2, 0) is 48.7 Å². The van der Waals surface area contributed by atoms with E-state index in [0.29, 0.717) is 24.1 Å². The number of rotatable bonds is 17. The number of sulfone groups is 1. The Balaban J connectivity index is 1.98. The van der Waals surface area contributed by atoms with Crippen LogP contribution in [0.1, 0.15) is 0 Å². The van der Waals surface area contributed by atoms with E-state index in [1.165, 1.54) is 35.2 Å². The maximum Gasteiger partial charge on any atom is 0.296 e. The lowest BCUT2D eigenvalue weighted by atomic mass is 10.3. The maximum atomic E-state index is 12.8. The zero-order chi connectivity index (χ0) is 29.3. The predicted molar refractivity (Wildman–Crippen MR) is 140 cm³/mol. The van der Waals surface area contributed by atoms with Crippen LogP contribution in [0.25, 0.3) is 0 Å². The van der Waals surface area contributed by atoms with Crippen LogP contribution in [0.4, 0.5) is 11.4 Å². The summed E-state index contributed by atoms with van der Waals surface area (Å²) in [6.45, 7) is -0.591. The Hall–Kier alpha value is -1.73. The normalized spacial score (nSPS) is 12.7. The highest BCUT2D eigenvalue weighted by Crippen LogP contribution is 2.29. The van der Waals surface area contributed by atoms with E-state index in [1.807, 2.05) is 0 Å². The number of benzene rings is 2. The van der Waals surface area contributed by atoms with E-state index < -0.39 is 46.5 Å². The van der Waals surface area contributed by atoms with Gasteiger partial charge in [0, 0.05) is 30.2 Å². The lowest BCUT2D eigenvalue weighted by Crippen LogP contribution is -2.36. The zero-order valence-corrected chi connectivity index (χ0v) is 23.9. The van der Waals surface area contributed by atoms with Gasteiger partial charge in [-0.1, -0.05) is 5.04 Å². The van der Waals surface area contributed by atoms with Crippen LogP contribution in [0.2, 0.25) is 0 Å². The lowest BCUT2D eigenvalue weighted by molar-refractivity contribution is -0.432. The SMILES string of the molecule is Nc1ccc(S(=O)(=O)CCN(CCOOSc2ccc(N)c(S(=O)(=O)O)c2)CCS(=O)(=O)O)cc1SOOO. The molecule has 0 bridgehead atoms. The van der Waals surface area contributed by atoms with Crippen molar-refractivity contribution in [2.75, 3.05) is 49.2 Å². The van der Waals surface area contributed by atoms with Gasteiger partial charge in [0.05, 0.1) is 57.7 Å². The van der Waals surface area contributed by atoms with Gasteiger partial charge in [-0.05, 0) is 36.4 Å². The third-order valence-corrected chi connectivity index (χ3v) is 9.34. The first kappa shape index (κ1) is 33.5. The van der Waals surface area contributed by atoms with Crippen LogP contribution in [0.15, 0.2) is 56.0 Å². The van der Waals surface area contributed by atoms with E-state index >= 15 is 0 Å². The first-order valence-corrected chi connectivity index (χ1v) is 16.6. The molecular weight excluding hydrogens is 627 g/mol. The molecule has 0 atom stereocenters. The second kappa shape index (κ2) is 14.8. The fraction of sp³-hybridized carbons (Fsp3) is 0.333. The molecule has 0 aliphatic heterocycles. The summed E-state index contributed by atoms with van der Waals surface area (Å²) in [6, 6.07) is 7.49. The monoisotopic (exact) mass is 651 g/mol. The summed E-state index contributed by atoms with van der Waals surface area (Å²) in [5.74, 6) is -1.13. The number of nitrogen functional groups attached to an aromatic ring is 2. The minimum Gasteiger partial charge on any atom is -0.398 e. The molecule has 0 aliphatic rings. The van der Waals surface area contributed by atoms with Crippen LogP contribution in [0.3, 0.4) is 0 Å². The van der Waals surface area contributed by atoms with Gasteiger partial charge in [-0.3, -0.25) is 14.0 Å². The van der Waals surface area contributed by atoms with Crippen LogP contribution >= 0.6 is 24.1 Å². The van der Waals surface area contributed by atoms with Gasteiger partial charge in [-0.2, -0.15) is 21.2 Å². The van der Waals surface area contributed by atoms with Crippen molar-refractivity contribution >= 4 is 65.5 Å². The molecular formula is C18H25N3O13S5. The molecule has 0 fully saturated rings. The lowest BCUT2D eigenvalue weighted by Gasteiger charge is -2.21. The van der Waals surface area contributed by atoms with Gasteiger partial charge in [0.15, 0.2) is 9.84 Å². The van der Waals surface area contributed by atoms with Crippen LogP contribution < -0.4 is 11.5 Å². The Kier molecular flexibility index (Phi) is 12.7. The van der Waals surface area contributed by atoms with Crippen LogP contribution in [0, 0.1) is 0 Å². The molecule has 39 heavy (non-hydrogen) atoms. The van der Waals surface area contributed by atoms with Crippen molar-refractivity contribution in [1.29, 1.82) is 0 Å². The van der Waals surface area contributed by atoms with Gasteiger partial charge in [0.25, 0.3) is 20.2 Å². The first-order chi connectivity index (χ1) is 18.1. The second-order valence-corrected chi connectivity index (χ2v) is 14.1. The van der Waals surface area contributed by atoms with E-state index in [9.17, 15) is 29.8 Å². The molecule has 0 radical (unpaired) electrons. The first-order valence-electron chi connectivity index (χ1n) is 10.4. The van der Waals surface area contributed by atoms with Gasteiger partial charge in [-0.25, -0.2) is 18.6 Å². The fourth-order valence-corrected chi connectivity index (χ4v) is 6.35. The van der Waals surface area contributed by atoms with Crippen molar-refractivity contribution in [2.24, 2.45) is 0 Å². The van der Waals surface area contributed by atoms with Crippen molar-refractivity contribution in [3.05, 3.63) is 36.4 Å². The third kappa shape index (κ3) is 11.7. The number of nitrogens with zero attached hydrogens (tertiary/aromatic N) is 1. The Morgan fingerprint density at radius 1 is 0.821 bits per heavy atom. The maximum absolute atomic E-state index is 12.8. The molecule has 0 saturated heterocycles. The third-order valence-electron chi connectivity index (χ3n) is 4.77. The molecule has 2 rings (SSSR count). The van der Waals surface area contributed by atoms with Crippen LogP contribution in [-0.4, -0.2) is 82.3 Å². The van der Waals surface area contributed by atoms with Gasteiger partial charge in [-0.15, -0.1) is 4.33 Å². The molecule has 0 spiro atoms. The topological polar surface area (TPSA) is 255 Å². The van der Waals surface area contributed by atoms with Crippen molar-refractivity contribution in [3.8, 4) is 0 Å². The molecule has 0 heterocycles. The zero-order valence-electron chi connectivity index (χ0n) is 19.8. The minimum absolute atomic E-state index is 0.0197. The summed E-state index contributed by atoms with van der Waals surface area (Å²) in [4.78, 5) is 6.12. The average molecular weight is 652 g/mol. The molecule has 7 N–H and O–H groups in total. The Labute approximate surface area is 233 Å². The second-order valence-electron chi connectivity index (χ2n) is 7.52. The summed E-state index contributed by atoms with van der Waals surface area (Å²) in [5, 5.41) is 11.8. The number of hydrogen-bond acceptors (Lipinski definition) is 16. The van der Waals surface area contributed by atoms with Crippen LogP contribution in [0.5, 0.6) is 0 Å². The fourth-order valence-electron chi connectivity index (χ4n) is 2.83. The van der Waals surface area contributed by atoms with E-state index in [2.05, 4.69) is 9.37 Å². The van der Waals surface area contributed by atoms with Gasteiger partial charge in [0.1, 0.15) is 4.90 Å². The van der Waals surface area contributed by atoms with E-state index in [-0.39, 0.29) is 52.3 Å². The molecule has 2 aromatic rings. The Bertz CT molecular complexity index is 1440. The summed E-state index contributed by atoms with van der Waals surface area (Å²) in [6.07, 6.45) is 0. The molecule has 0 unspecified atom stereocenters. The quantitative estimate of drug-likeness (QED) is 0.0401. The Morgan fingerprint density at radius 2 is 1.49 bits per heavy atom. The summed E-state index contributed by atoms with van der Waals surface area (Å²) in [5.41, 5.74) is 11.2. The van der Waals surface area contributed by atoms with Gasteiger partial charge < -0.3 is 11.5 Å². The highest BCUT2D eigenvalue weighted by atomic mass is 32.2. The van der Waals surface area contributed by atoms with Crippen molar-refractivity contribution in [1.82, 2.24) is 4.90 Å². The molecule has 0 aromatic heterocycles. The Morgan fingerprint density at radius 3 is 2.13 bits per heavy atom. The predicted octanol–water partition coefficient (Wildman–Crippen LogP) is 1.15. The molecule has 16 nitrogen and oxygen atoms in total. The molecule has 0 amide bonds. The minimum atomic E-state index is -4.56. The smallest absolute Gasteiger partial charge is 0.296 e. The average Bonchev–Trinajstić information content (AvgIpc) is 2.84.